The molecule has 0 bridgehead atoms. The lowest BCUT2D eigenvalue weighted by molar-refractivity contribution is -0.150. The highest BCUT2D eigenvalue weighted by atomic mass is 16.7. The van der Waals surface area contributed by atoms with Crippen LogP contribution in [-0.4, -0.2) is 55.3 Å². The Hall–Kier alpha value is -1.86. The van der Waals surface area contributed by atoms with Crippen LogP contribution in [0.15, 0.2) is 22.8 Å². The Morgan fingerprint density at radius 3 is 2.83 bits per heavy atom. The summed E-state index contributed by atoms with van der Waals surface area (Å²) in [5.74, 6) is 0.134. The van der Waals surface area contributed by atoms with Crippen LogP contribution in [0, 0.1) is 0 Å². The average Bonchev–Trinajstić information content (AvgIpc) is 3.32. The van der Waals surface area contributed by atoms with Crippen LogP contribution in [-0.2, 0) is 14.3 Å². The van der Waals surface area contributed by atoms with Gasteiger partial charge in [-0.1, -0.05) is 0 Å². The van der Waals surface area contributed by atoms with Crippen LogP contribution >= 0.6 is 0 Å². The number of carbonyl (C=O) groups excluding carboxylic acids is 2. The summed E-state index contributed by atoms with van der Waals surface area (Å²) in [5, 5.41) is 2.76. The van der Waals surface area contributed by atoms with Crippen molar-refractivity contribution in [1.82, 2.24) is 10.2 Å². The molecule has 2 aliphatic heterocycles. The lowest BCUT2D eigenvalue weighted by Gasteiger charge is -2.38. The molecule has 1 N–H and O–H groups in total. The summed E-state index contributed by atoms with van der Waals surface area (Å²) in [6.45, 7) is 2.40. The third kappa shape index (κ3) is 4.15. The lowest BCUT2D eigenvalue weighted by Crippen LogP contribution is -2.50. The topological polar surface area (TPSA) is 81.0 Å². The maximum Gasteiger partial charge on any atom is 0.286 e. The molecule has 0 aromatic carbocycles. The van der Waals surface area contributed by atoms with Crippen LogP contribution < -0.4 is 5.32 Å². The quantitative estimate of drug-likeness (QED) is 0.797. The molecule has 2 aliphatic rings. The maximum absolute atomic E-state index is 12.5. The number of carbonyl (C=O) groups is 2. The molecule has 1 aromatic rings. The van der Waals surface area contributed by atoms with E-state index in [9.17, 15) is 9.59 Å². The van der Waals surface area contributed by atoms with E-state index in [2.05, 4.69) is 5.32 Å². The summed E-state index contributed by atoms with van der Waals surface area (Å²) in [6, 6.07) is 3.30. The Morgan fingerprint density at radius 1 is 1.25 bits per heavy atom. The van der Waals surface area contributed by atoms with E-state index in [1.807, 2.05) is 4.90 Å². The van der Waals surface area contributed by atoms with Gasteiger partial charge in [-0.3, -0.25) is 9.59 Å². The SMILES string of the molecule is O=C(NCCCC(=O)N1CCCCC1C1OCCO1)c1ccco1. The fraction of sp³-hybridized carbons (Fsp3) is 0.647. The van der Waals surface area contributed by atoms with Crippen molar-refractivity contribution < 1.29 is 23.5 Å². The van der Waals surface area contributed by atoms with E-state index < -0.39 is 0 Å². The van der Waals surface area contributed by atoms with Crippen molar-refractivity contribution in [2.45, 2.75) is 44.4 Å². The summed E-state index contributed by atoms with van der Waals surface area (Å²) in [7, 11) is 0. The molecule has 2 fully saturated rings. The summed E-state index contributed by atoms with van der Waals surface area (Å²) in [5.41, 5.74) is 0. The van der Waals surface area contributed by atoms with Crippen molar-refractivity contribution >= 4 is 11.8 Å². The van der Waals surface area contributed by atoms with Crippen LogP contribution in [0.2, 0.25) is 0 Å². The first kappa shape index (κ1) is 17.0. The number of hydrogen-bond acceptors (Lipinski definition) is 5. The summed E-state index contributed by atoms with van der Waals surface area (Å²) < 4.78 is 16.2. The molecule has 7 nitrogen and oxygen atoms in total. The first-order valence-electron chi connectivity index (χ1n) is 8.60. The molecule has 1 unspecified atom stereocenters. The maximum atomic E-state index is 12.5. The van der Waals surface area contributed by atoms with Gasteiger partial charge in [-0.2, -0.15) is 0 Å². The van der Waals surface area contributed by atoms with Gasteiger partial charge < -0.3 is 24.1 Å². The molecule has 0 aliphatic carbocycles. The number of rotatable bonds is 6. The van der Waals surface area contributed by atoms with Crippen molar-refractivity contribution in [1.29, 1.82) is 0 Å². The molecule has 24 heavy (non-hydrogen) atoms. The van der Waals surface area contributed by atoms with E-state index in [1.165, 1.54) is 6.26 Å². The minimum atomic E-state index is -0.284. The molecule has 0 saturated carbocycles. The highest BCUT2D eigenvalue weighted by molar-refractivity contribution is 5.91. The number of hydrogen-bond donors (Lipinski definition) is 1. The highest BCUT2D eigenvalue weighted by Crippen LogP contribution is 2.25. The minimum absolute atomic E-state index is 0.0199. The molecule has 7 heteroatoms. The Balaban J connectivity index is 1.42. The monoisotopic (exact) mass is 336 g/mol. The van der Waals surface area contributed by atoms with Gasteiger partial charge >= 0.3 is 0 Å². The highest BCUT2D eigenvalue weighted by Gasteiger charge is 2.35. The predicted molar refractivity (Wildman–Crippen MR) is 85.3 cm³/mol. The van der Waals surface area contributed by atoms with E-state index in [-0.39, 0.29) is 29.9 Å². The van der Waals surface area contributed by atoms with Crippen molar-refractivity contribution in [3.8, 4) is 0 Å². The smallest absolute Gasteiger partial charge is 0.286 e. The Morgan fingerprint density at radius 2 is 2.08 bits per heavy atom. The third-order valence-corrected chi connectivity index (χ3v) is 4.43. The van der Waals surface area contributed by atoms with Gasteiger partial charge in [0.25, 0.3) is 5.91 Å². The zero-order valence-corrected chi connectivity index (χ0v) is 13.7. The molecule has 3 heterocycles. The molecule has 1 atom stereocenters. The molecule has 2 amide bonds. The fourth-order valence-corrected chi connectivity index (χ4v) is 3.23. The molecule has 1 aromatic heterocycles. The van der Waals surface area contributed by atoms with Gasteiger partial charge in [0.05, 0.1) is 25.5 Å². The van der Waals surface area contributed by atoms with Gasteiger partial charge in [-0.15, -0.1) is 0 Å². The molecule has 3 rings (SSSR count). The van der Waals surface area contributed by atoms with Crippen molar-refractivity contribution in [3.05, 3.63) is 24.2 Å². The van der Waals surface area contributed by atoms with Gasteiger partial charge in [0, 0.05) is 19.5 Å². The number of nitrogens with zero attached hydrogens (tertiary/aromatic N) is 1. The lowest BCUT2D eigenvalue weighted by atomic mass is 10.0. The van der Waals surface area contributed by atoms with Crippen LogP contribution in [0.4, 0.5) is 0 Å². The Labute approximate surface area is 141 Å². The third-order valence-electron chi connectivity index (χ3n) is 4.43. The van der Waals surface area contributed by atoms with Gasteiger partial charge in [-0.25, -0.2) is 0 Å². The molecule has 132 valence electrons. The Bertz CT molecular complexity index is 539. The number of nitrogens with one attached hydrogen (secondary N) is 1. The first-order valence-corrected chi connectivity index (χ1v) is 8.60. The van der Waals surface area contributed by atoms with E-state index in [0.29, 0.717) is 32.6 Å². The second kappa shape index (κ2) is 8.30. The van der Waals surface area contributed by atoms with Gasteiger partial charge in [0.2, 0.25) is 5.91 Å². The van der Waals surface area contributed by atoms with E-state index >= 15 is 0 Å². The molecule has 0 radical (unpaired) electrons. The predicted octanol–water partition coefficient (Wildman–Crippen LogP) is 1.54. The van der Waals surface area contributed by atoms with E-state index in [1.54, 1.807) is 12.1 Å². The van der Waals surface area contributed by atoms with E-state index in [0.717, 1.165) is 25.8 Å². The second-order valence-corrected chi connectivity index (χ2v) is 6.10. The largest absolute Gasteiger partial charge is 0.459 e. The van der Waals surface area contributed by atoms with Crippen molar-refractivity contribution in [2.75, 3.05) is 26.3 Å². The summed E-state index contributed by atoms with van der Waals surface area (Å²) in [4.78, 5) is 26.2. The number of likely N-dealkylation sites (tertiary alicyclic amines) is 1. The number of ether oxygens (including phenoxy) is 2. The molecular formula is C17H24N2O5. The standard InChI is InChI=1S/C17H24N2O5/c20-15(7-3-8-18-16(21)14-6-4-10-22-14)19-9-2-1-5-13(19)17-23-11-12-24-17/h4,6,10,13,17H,1-3,5,7-9,11-12H2,(H,18,21). The van der Waals surface area contributed by atoms with Crippen LogP contribution in [0.5, 0.6) is 0 Å². The zero-order chi connectivity index (χ0) is 16.8. The summed E-state index contributed by atoms with van der Waals surface area (Å²) in [6.07, 6.45) is 5.21. The van der Waals surface area contributed by atoms with Gasteiger partial charge in [-0.05, 0) is 37.8 Å². The average molecular weight is 336 g/mol. The first-order chi connectivity index (χ1) is 11.8. The zero-order valence-electron chi connectivity index (χ0n) is 13.7. The molecule has 2 saturated heterocycles. The number of piperidine rings is 1. The fourth-order valence-electron chi connectivity index (χ4n) is 3.23. The number of amides is 2. The van der Waals surface area contributed by atoms with Gasteiger partial charge in [0.15, 0.2) is 12.1 Å². The van der Waals surface area contributed by atoms with Crippen molar-refractivity contribution in [3.63, 3.8) is 0 Å². The number of furan rings is 1. The molecule has 0 spiro atoms. The Kier molecular flexibility index (Phi) is 5.87. The van der Waals surface area contributed by atoms with Crippen molar-refractivity contribution in [2.24, 2.45) is 0 Å². The van der Waals surface area contributed by atoms with Crippen LogP contribution in [0.1, 0.15) is 42.7 Å². The van der Waals surface area contributed by atoms with Crippen LogP contribution in [0.25, 0.3) is 0 Å². The van der Waals surface area contributed by atoms with Crippen LogP contribution in [0.3, 0.4) is 0 Å². The normalized spacial score (nSPS) is 21.8. The summed E-state index contributed by atoms with van der Waals surface area (Å²) >= 11 is 0. The van der Waals surface area contributed by atoms with E-state index in [4.69, 9.17) is 13.9 Å². The molecular weight excluding hydrogens is 312 g/mol. The minimum Gasteiger partial charge on any atom is -0.459 e. The second-order valence-electron chi connectivity index (χ2n) is 6.10. The van der Waals surface area contributed by atoms with Gasteiger partial charge in [0.1, 0.15) is 0 Å².